The van der Waals surface area contributed by atoms with Crippen LogP contribution in [0.1, 0.15) is 13.3 Å². The van der Waals surface area contributed by atoms with Crippen molar-refractivity contribution in [2.45, 2.75) is 24.3 Å². The summed E-state index contributed by atoms with van der Waals surface area (Å²) in [6.07, 6.45) is 4.45. The van der Waals surface area contributed by atoms with Crippen LogP contribution >= 0.6 is 11.8 Å². The molecule has 1 atom stereocenters. The van der Waals surface area contributed by atoms with Crippen LogP contribution in [0.15, 0.2) is 17.3 Å². The summed E-state index contributed by atoms with van der Waals surface area (Å²) in [4.78, 5) is 1.16. The van der Waals surface area contributed by atoms with Gasteiger partial charge in [0.25, 0.3) is 0 Å². The molecular weight excluding hydrogens is 172 g/mol. The maximum absolute atomic E-state index is 9.00. The van der Waals surface area contributed by atoms with Gasteiger partial charge in [0.1, 0.15) is 0 Å². The van der Waals surface area contributed by atoms with Crippen LogP contribution in [0, 0.1) is 0 Å². The average Bonchev–Trinajstić information content (AvgIpc) is 2.35. The Balaban J connectivity index is 2.24. The maximum Gasteiger partial charge on any atom is 0.0625 e. The number of rotatable bonds is 4. The van der Waals surface area contributed by atoms with Crippen molar-refractivity contribution in [3.05, 3.63) is 12.4 Å². The lowest BCUT2D eigenvalue weighted by atomic mass is 10.3. The molecule has 1 heterocycles. The van der Waals surface area contributed by atoms with Crippen LogP contribution < -0.4 is 0 Å². The second-order valence-corrected chi connectivity index (χ2v) is 4.00. The molecule has 1 unspecified atom stereocenters. The third kappa shape index (κ3) is 3.28. The van der Waals surface area contributed by atoms with Crippen LogP contribution in [0.4, 0.5) is 0 Å². The molecule has 0 aliphatic heterocycles. The molecule has 12 heavy (non-hydrogen) atoms. The fourth-order valence-electron chi connectivity index (χ4n) is 0.821. The van der Waals surface area contributed by atoms with Gasteiger partial charge in [0.2, 0.25) is 0 Å². The zero-order valence-electron chi connectivity index (χ0n) is 7.40. The summed E-state index contributed by atoms with van der Waals surface area (Å²) in [6, 6.07) is 0. The van der Waals surface area contributed by atoms with Gasteiger partial charge in [-0.15, -0.1) is 11.8 Å². The fraction of sp³-hybridized carbons (Fsp3) is 0.625. The molecule has 1 aromatic rings. The molecule has 0 aromatic carbocycles. The molecule has 0 saturated carbocycles. The summed E-state index contributed by atoms with van der Waals surface area (Å²) >= 11 is 1.73. The summed E-state index contributed by atoms with van der Waals surface area (Å²) < 4.78 is 1.78. The Morgan fingerprint density at radius 2 is 2.50 bits per heavy atom. The molecule has 0 radical (unpaired) electrons. The highest BCUT2D eigenvalue weighted by molar-refractivity contribution is 7.99. The predicted octanol–water partition coefficient (Wildman–Crippen LogP) is 1.28. The number of thioether (sulfide) groups is 1. The van der Waals surface area contributed by atoms with Crippen LogP contribution in [-0.2, 0) is 7.05 Å². The Hall–Kier alpha value is -0.480. The molecule has 0 spiro atoms. The summed E-state index contributed by atoms with van der Waals surface area (Å²) in [5, 5.41) is 13.0. The SMILES string of the molecule is CC(O)CCSc1cnn(C)c1. The van der Waals surface area contributed by atoms with E-state index in [0.717, 1.165) is 17.1 Å². The van der Waals surface area contributed by atoms with Gasteiger partial charge in [-0.2, -0.15) is 5.10 Å². The number of aliphatic hydroxyl groups excluding tert-OH is 1. The first-order valence-electron chi connectivity index (χ1n) is 3.98. The number of nitrogens with zero attached hydrogens (tertiary/aromatic N) is 2. The number of aliphatic hydroxyl groups is 1. The summed E-state index contributed by atoms with van der Waals surface area (Å²) in [5.74, 6) is 0.948. The van der Waals surface area contributed by atoms with Gasteiger partial charge in [0.15, 0.2) is 0 Å². The molecule has 1 rings (SSSR count). The minimum Gasteiger partial charge on any atom is -0.393 e. The average molecular weight is 186 g/mol. The highest BCUT2D eigenvalue weighted by Gasteiger charge is 1.98. The third-order valence-corrected chi connectivity index (χ3v) is 2.47. The van der Waals surface area contributed by atoms with E-state index < -0.39 is 0 Å². The summed E-state index contributed by atoms with van der Waals surface area (Å²) in [6.45, 7) is 1.81. The van der Waals surface area contributed by atoms with Gasteiger partial charge in [-0.1, -0.05) is 0 Å². The molecule has 0 saturated heterocycles. The minimum absolute atomic E-state index is 0.200. The van der Waals surface area contributed by atoms with Gasteiger partial charge in [0.05, 0.1) is 12.3 Å². The van der Waals surface area contributed by atoms with Gasteiger partial charge in [-0.25, -0.2) is 0 Å². The second-order valence-electron chi connectivity index (χ2n) is 2.84. The topological polar surface area (TPSA) is 38.1 Å². The van der Waals surface area contributed by atoms with Crippen molar-refractivity contribution in [1.82, 2.24) is 9.78 Å². The third-order valence-electron chi connectivity index (χ3n) is 1.49. The van der Waals surface area contributed by atoms with Crippen LogP contribution in [0.25, 0.3) is 0 Å². The zero-order valence-corrected chi connectivity index (χ0v) is 8.21. The van der Waals surface area contributed by atoms with Crippen molar-refractivity contribution < 1.29 is 5.11 Å². The molecule has 0 bridgehead atoms. The maximum atomic E-state index is 9.00. The second kappa shape index (κ2) is 4.52. The molecule has 0 fully saturated rings. The van der Waals surface area contributed by atoms with E-state index in [-0.39, 0.29) is 6.10 Å². The van der Waals surface area contributed by atoms with Gasteiger partial charge in [-0.3, -0.25) is 4.68 Å². The number of aryl methyl sites for hydroxylation is 1. The number of hydrogen-bond donors (Lipinski definition) is 1. The van der Waals surface area contributed by atoms with Crippen molar-refractivity contribution in [3.63, 3.8) is 0 Å². The van der Waals surface area contributed by atoms with Crippen molar-refractivity contribution in [2.24, 2.45) is 7.05 Å². The zero-order chi connectivity index (χ0) is 8.97. The number of aromatic nitrogens is 2. The van der Waals surface area contributed by atoms with Crippen molar-refractivity contribution in [2.75, 3.05) is 5.75 Å². The smallest absolute Gasteiger partial charge is 0.0625 e. The molecule has 1 aromatic heterocycles. The van der Waals surface area contributed by atoms with Gasteiger partial charge in [0, 0.05) is 23.9 Å². The molecule has 3 nitrogen and oxygen atoms in total. The predicted molar refractivity (Wildman–Crippen MR) is 50.2 cm³/mol. The summed E-state index contributed by atoms with van der Waals surface area (Å²) in [5.41, 5.74) is 0. The van der Waals surface area contributed by atoms with Crippen molar-refractivity contribution in [1.29, 1.82) is 0 Å². The first kappa shape index (κ1) is 9.61. The Morgan fingerprint density at radius 3 is 3.00 bits per heavy atom. The van der Waals surface area contributed by atoms with E-state index in [4.69, 9.17) is 5.11 Å². The minimum atomic E-state index is -0.200. The van der Waals surface area contributed by atoms with Gasteiger partial charge < -0.3 is 5.11 Å². The lowest BCUT2D eigenvalue weighted by Gasteiger charge is -2.00. The van der Waals surface area contributed by atoms with Crippen LogP contribution in [0.5, 0.6) is 0 Å². The highest BCUT2D eigenvalue weighted by Crippen LogP contribution is 2.17. The first-order valence-corrected chi connectivity index (χ1v) is 4.96. The van der Waals surface area contributed by atoms with Gasteiger partial charge >= 0.3 is 0 Å². The standard InChI is InChI=1S/C8H14N2OS/c1-7(11)3-4-12-8-5-9-10(2)6-8/h5-7,11H,3-4H2,1-2H3. The first-order chi connectivity index (χ1) is 5.68. The molecule has 0 aliphatic rings. The molecule has 1 N–H and O–H groups in total. The van der Waals surface area contributed by atoms with E-state index in [9.17, 15) is 0 Å². The van der Waals surface area contributed by atoms with E-state index >= 15 is 0 Å². The molecule has 68 valence electrons. The largest absolute Gasteiger partial charge is 0.393 e. The Kier molecular flexibility index (Phi) is 3.62. The van der Waals surface area contributed by atoms with Gasteiger partial charge in [-0.05, 0) is 13.3 Å². The van der Waals surface area contributed by atoms with Crippen LogP contribution in [-0.4, -0.2) is 26.7 Å². The van der Waals surface area contributed by atoms with Crippen LogP contribution in [0.3, 0.4) is 0 Å². The van der Waals surface area contributed by atoms with Crippen molar-refractivity contribution in [3.8, 4) is 0 Å². The monoisotopic (exact) mass is 186 g/mol. The van der Waals surface area contributed by atoms with E-state index in [0.29, 0.717) is 0 Å². The van der Waals surface area contributed by atoms with E-state index in [1.807, 2.05) is 26.4 Å². The summed E-state index contributed by atoms with van der Waals surface area (Å²) in [7, 11) is 1.90. The van der Waals surface area contributed by atoms with E-state index in [2.05, 4.69) is 5.10 Å². The number of hydrogen-bond acceptors (Lipinski definition) is 3. The molecule has 0 amide bonds. The fourth-order valence-corrected chi connectivity index (χ4v) is 1.86. The molecule has 0 aliphatic carbocycles. The lowest BCUT2D eigenvalue weighted by Crippen LogP contribution is -1.99. The van der Waals surface area contributed by atoms with E-state index in [1.54, 1.807) is 16.4 Å². The van der Waals surface area contributed by atoms with Crippen LogP contribution in [0.2, 0.25) is 0 Å². The quantitative estimate of drug-likeness (QED) is 0.720. The lowest BCUT2D eigenvalue weighted by molar-refractivity contribution is 0.192. The Labute approximate surface area is 76.8 Å². The Morgan fingerprint density at radius 1 is 1.75 bits per heavy atom. The van der Waals surface area contributed by atoms with Crippen molar-refractivity contribution >= 4 is 11.8 Å². The Bertz CT molecular complexity index is 235. The van der Waals surface area contributed by atoms with E-state index in [1.165, 1.54) is 0 Å². The molecule has 4 heteroatoms. The normalized spacial score (nSPS) is 13.2. The molecular formula is C8H14N2OS. The highest BCUT2D eigenvalue weighted by atomic mass is 32.2.